The summed E-state index contributed by atoms with van der Waals surface area (Å²) in [5, 5.41) is 0.931. The molecule has 4 unspecified atom stereocenters. The van der Waals surface area contributed by atoms with Crippen molar-refractivity contribution in [2.45, 2.75) is 116 Å². The van der Waals surface area contributed by atoms with E-state index in [9.17, 15) is 0 Å². The van der Waals surface area contributed by atoms with Crippen molar-refractivity contribution in [3.63, 3.8) is 0 Å². The molecule has 2 heterocycles. The predicted molar refractivity (Wildman–Crippen MR) is 102 cm³/mol. The van der Waals surface area contributed by atoms with Gasteiger partial charge in [0.1, 0.15) is 17.9 Å². The van der Waals surface area contributed by atoms with Gasteiger partial charge in [-0.05, 0) is 30.8 Å². The fraction of sp³-hybridized carbons (Fsp3) is 1.00. The van der Waals surface area contributed by atoms with E-state index < -0.39 is 17.9 Å². The van der Waals surface area contributed by atoms with E-state index >= 15 is 0 Å². The third-order valence-corrected chi connectivity index (χ3v) is 14.9. The molecule has 0 aromatic carbocycles. The van der Waals surface area contributed by atoms with Crippen molar-refractivity contribution < 1.29 is 0 Å². The average Bonchev–Trinajstić information content (AvgIpc) is 2.45. The molecule has 2 saturated heterocycles. The highest BCUT2D eigenvalue weighted by molar-refractivity contribution is 6.76. The summed E-state index contributed by atoms with van der Waals surface area (Å²) in [6.45, 7) is 17.7. The van der Waals surface area contributed by atoms with Gasteiger partial charge in [0.05, 0.1) is 0 Å². The summed E-state index contributed by atoms with van der Waals surface area (Å²) in [7, 11) is -0.844. The van der Waals surface area contributed by atoms with Crippen LogP contribution in [0.15, 0.2) is 0 Å². The Morgan fingerprint density at radius 2 is 0.955 bits per heavy atom. The van der Waals surface area contributed by atoms with E-state index in [0.717, 1.165) is 29.3 Å². The Morgan fingerprint density at radius 1 is 0.682 bits per heavy atom. The van der Waals surface area contributed by atoms with Crippen LogP contribution in [-0.2, 0) is 0 Å². The third-order valence-electron chi connectivity index (χ3n) is 6.45. The van der Waals surface area contributed by atoms with Crippen LogP contribution in [-0.4, -0.2) is 51.2 Å². The second-order valence-corrected chi connectivity index (χ2v) is 14.0. The Morgan fingerprint density at radius 3 is 1.23 bits per heavy atom. The zero-order valence-corrected chi connectivity index (χ0v) is 18.0. The maximum Gasteiger partial charge on any atom is 0.134 e. The zero-order valence-electron chi connectivity index (χ0n) is 16.0. The Hall–Kier alpha value is 0.354. The number of nitrogens with zero attached hydrogens (tertiary/aromatic N) is 2. The number of hydrogen-bond acceptors (Lipinski definition) is 2. The van der Waals surface area contributed by atoms with Gasteiger partial charge in [0.2, 0.25) is 0 Å². The zero-order chi connectivity index (χ0) is 16.4. The van der Waals surface area contributed by atoms with Crippen molar-refractivity contribution in [2.75, 3.05) is 0 Å². The molecule has 2 aliphatic heterocycles. The highest BCUT2D eigenvalue weighted by Crippen LogP contribution is 2.32. The lowest BCUT2D eigenvalue weighted by atomic mass is 10.0. The molecule has 0 aromatic heterocycles. The summed E-state index contributed by atoms with van der Waals surface area (Å²) in [4.78, 5) is 0. The van der Waals surface area contributed by atoms with Crippen LogP contribution >= 0.6 is 0 Å². The van der Waals surface area contributed by atoms with Crippen LogP contribution < -0.4 is 0 Å². The maximum atomic E-state index is 2.95. The lowest BCUT2D eigenvalue weighted by Gasteiger charge is -2.49. The molecule has 0 bridgehead atoms. The molecule has 0 N–H and O–H groups in total. The average molecular weight is 339 g/mol. The summed E-state index contributed by atoms with van der Waals surface area (Å²) in [5.41, 5.74) is 0. The fourth-order valence-corrected chi connectivity index (χ4v) is 12.5. The largest absolute Gasteiger partial charge is 0.319 e. The van der Waals surface area contributed by atoms with Crippen LogP contribution in [0.2, 0.25) is 18.3 Å². The third kappa shape index (κ3) is 3.88. The van der Waals surface area contributed by atoms with E-state index in [1.54, 1.807) is 0 Å². The number of piperidine rings is 2. The van der Waals surface area contributed by atoms with Gasteiger partial charge in [0, 0.05) is 24.2 Å². The number of hydrogen-bond donors (Lipinski definition) is 0. The Balaban J connectivity index is 2.06. The van der Waals surface area contributed by atoms with Gasteiger partial charge in [-0.15, -0.1) is 0 Å². The first kappa shape index (κ1) is 18.7. The molecule has 0 spiro atoms. The van der Waals surface area contributed by atoms with Crippen molar-refractivity contribution in [1.29, 1.82) is 0 Å². The smallest absolute Gasteiger partial charge is 0.134 e. The molecule has 4 heteroatoms. The summed E-state index contributed by atoms with van der Waals surface area (Å²) in [6, 6.07) is 3.26. The quantitative estimate of drug-likeness (QED) is 0.686. The van der Waals surface area contributed by atoms with Gasteiger partial charge in [-0.1, -0.05) is 60.6 Å². The second-order valence-electron chi connectivity index (χ2n) is 8.08. The van der Waals surface area contributed by atoms with Crippen LogP contribution in [0, 0.1) is 0 Å². The molecule has 0 aliphatic carbocycles. The van der Waals surface area contributed by atoms with Crippen molar-refractivity contribution in [2.24, 2.45) is 0 Å². The Bertz CT molecular complexity index is 300. The van der Waals surface area contributed by atoms with Crippen molar-refractivity contribution >= 4 is 17.9 Å². The molecular weight excluding hydrogens is 300 g/mol. The lowest BCUT2D eigenvalue weighted by molar-refractivity contribution is 0.192. The summed E-state index contributed by atoms with van der Waals surface area (Å²) in [5.74, 6) is 0. The van der Waals surface area contributed by atoms with Crippen LogP contribution in [0.5, 0.6) is 0 Å². The first-order valence-corrected chi connectivity index (χ1v) is 13.6. The molecule has 0 saturated carbocycles. The van der Waals surface area contributed by atoms with E-state index in [2.05, 4.69) is 56.8 Å². The molecule has 2 aliphatic rings. The highest BCUT2D eigenvalue weighted by Gasteiger charge is 2.39. The van der Waals surface area contributed by atoms with Gasteiger partial charge in [-0.3, -0.25) is 0 Å². The minimum atomic E-state index is -0.422. The molecule has 2 rings (SSSR count). The van der Waals surface area contributed by atoms with E-state index in [1.807, 2.05) is 0 Å². The first-order valence-electron chi connectivity index (χ1n) is 9.58. The van der Waals surface area contributed by atoms with Crippen molar-refractivity contribution in [3.05, 3.63) is 0 Å². The Labute approximate surface area is 143 Å². The monoisotopic (exact) mass is 338 g/mol. The van der Waals surface area contributed by atoms with Gasteiger partial charge in [-0.25, -0.2) is 0 Å². The molecule has 4 atom stereocenters. The topological polar surface area (TPSA) is 6.48 Å². The van der Waals surface area contributed by atoms with Gasteiger partial charge in [0.15, 0.2) is 0 Å². The molecule has 2 nitrogen and oxygen atoms in total. The van der Waals surface area contributed by atoms with Crippen LogP contribution in [0.4, 0.5) is 0 Å². The van der Waals surface area contributed by atoms with Gasteiger partial charge >= 0.3 is 0 Å². The lowest BCUT2D eigenvalue weighted by Crippen LogP contribution is -2.59. The molecule has 2 fully saturated rings. The van der Waals surface area contributed by atoms with E-state index in [0.29, 0.717) is 0 Å². The molecule has 2 radical (unpaired) electrons. The summed E-state index contributed by atoms with van der Waals surface area (Å²) < 4.78 is 5.90. The predicted octanol–water partition coefficient (Wildman–Crippen LogP) is 4.68. The maximum absolute atomic E-state index is 2.95. The van der Waals surface area contributed by atoms with Gasteiger partial charge in [0.25, 0.3) is 0 Å². The second kappa shape index (κ2) is 7.95. The minimum Gasteiger partial charge on any atom is -0.319 e. The van der Waals surface area contributed by atoms with E-state index in [1.165, 1.54) is 38.5 Å². The number of rotatable bonds is 4. The summed E-state index contributed by atoms with van der Waals surface area (Å²) >= 11 is 0. The van der Waals surface area contributed by atoms with Crippen LogP contribution in [0.1, 0.15) is 73.1 Å². The molecular formula is C18H38N2Si2. The molecule has 128 valence electrons. The van der Waals surface area contributed by atoms with Crippen LogP contribution in [0.25, 0.3) is 0 Å². The fourth-order valence-electron chi connectivity index (χ4n) is 4.98. The van der Waals surface area contributed by atoms with Crippen LogP contribution in [0.3, 0.4) is 0 Å². The normalized spacial score (nSPS) is 37.0. The first-order chi connectivity index (χ1) is 10.3. The SMILES string of the molecule is CC1CCCC(C)N1[Si](C)C(C)[Si](C)N1C(C)CCCC1C. The van der Waals surface area contributed by atoms with Gasteiger partial charge in [-0.2, -0.15) is 0 Å². The molecule has 0 aromatic rings. The highest BCUT2D eigenvalue weighted by atomic mass is 28.3. The van der Waals surface area contributed by atoms with E-state index in [-0.39, 0.29) is 0 Å². The molecule has 22 heavy (non-hydrogen) atoms. The van der Waals surface area contributed by atoms with Gasteiger partial charge < -0.3 is 9.13 Å². The summed E-state index contributed by atoms with van der Waals surface area (Å²) in [6.07, 6.45) is 8.55. The van der Waals surface area contributed by atoms with Crippen molar-refractivity contribution in [1.82, 2.24) is 9.13 Å². The Kier molecular flexibility index (Phi) is 6.76. The van der Waals surface area contributed by atoms with E-state index in [4.69, 9.17) is 0 Å². The van der Waals surface area contributed by atoms with Crippen molar-refractivity contribution in [3.8, 4) is 0 Å². The minimum absolute atomic E-state index is 0.422. The standard InChI is InChI=1S/C18H38N2Si2/c1-14-10-8-11-15(2)19(14)21(6)18(5)22(7)20-16(3)12-9-13-17(20)4/h14-18H,8-13H2,1-7H3. The molecule has 0 amide bonds.